The number of piperazine rings is 1. The number of pyridine rings is 1. The highest BCUT2D eigenvalue weighted by Gasteiger charge is 2.63. The molecule has 5 atom stereocenters. The van der Waals surface area contributed by atoms with Crippen molar-refractivity contribution in [2.45, 2.75) is 63.8 Å². The van der Waals surface area contributed by atoms with Gasteiger partial charge < -0.3 is 24.0 Å². The minimum atomic E-state index is -0.574. The molecule has 3 saturated heterocycles. The summed E-state index contributed by atoms with van der Waals surface area (Å²) in [5, 5.41) is 2.30. The molecule has 4 aliphatic rings. The van der Waals surface area contributed by atoms with Crippen LogP contribution in [-0.4, -0.2) is 95.0 Å². The average Bonchev–Trinajstić information content (AvgIpc) is 3.70. The fourth-order valence-corrected chi connectivity index (χ4v) is 7.98. The van der Waals surface area contributed by atoms with E-state index in [0.29, 0.717) is 54.0 Å². The van der Waals surface area contributed by atoms with Crippen LogP contribution in [0.1, 0.15) is 40.0 Å². The summed E-state index contributed by atoms with van der Waals surface area (Å²) in [5.74, 6) is 1.53. The van der Waals surface area contributed by atoms with Crippen molar-refractivity contribution in [1.29, 1.82) is 0 Å². The largest absolute Gasteiger partial charge is 0.497 e. The second-order valence-electron chi connectivity index (χ2n) is 14.5. The third-order valence-corrected chi connectivity index (χ3v) is 10.4. The molecule has 4 aromatic rings. The molecule has 2 bridgehead atoms. The van der Waals surface area contributed by atoms with Crippen LogP contribution < -0.4 is 14.4 Å². The number of hydrogen-bond donors (Lipinski definition) is 0. The van der Waals surface area contributed by atoms with Crippen LogP contribution in [0.25, 0.3) is 32.9 Å². The summed E-state index contributed by atoms with van der Waals surface area (Å²) < 4.78 is 34.5. The lowest BCUT2D eigenvalue weighted by Gasteiger charge is -2.44. The van der Waals surface area contributed by atoms with E-state index in [1.54, 1.807) is 13.3 Å². The standard InChI is InChI=1S/C36H41FN6O4/c1-36(2,3)47-35(44)43-28-17-42(18-29(43)25-15-24(25)28)33-27-16-38-31(26-14-22(45-5)13-20-9-6-7-11-23(20)26)30(37)32(27)39-34(40-33)46-19-21-10-8-12-41(21)4/h6-7,9,11,13-14,16,21,24-25,28-29H,8,10,12,15,17-19H2,1-5H3/t21-,24?,25?,28?,29?/m0/s1. The molecular formula is C36H41FN6O4. The summed E-state index contributed by atoms with van der Waals surface area (Å²) in [7, 11) is 3.69. The molecule has 4 fully saturated rings. The highest BCUT2D eigenvalue weighted by molar-refractivity contribution is 6.00. The van der Waals surface area contributed by atoms with E-state index in [2.05, 4.69) is 21.8 Å². The predicted molar refractivity (Wildman–Crippen MR) is 177 cm³/mol. The molecular weight excluding hydrogens is 599 g/mol. The second kappa shape index (κ2) is 11.2. The summed E-state index contributed by atoms with van der Waals surface area (Å²) in [4.78, 5) is 34.0. The van der Waals surface area contributed by atoms with Crippen LogP contribution in [-0.2, 0) is 4.74 Å². The number of carbonyl (C=O) groups is 1. The van der Waals surface area contributed by atoms with Crippen molar-refractivity contribution >= 4 is 33.6 Å². The van der Waals surface area contributed by atoms with Gasteiger partial charge in [0.05, 0.1) is 24.6 Å². The first-order valence-electron chi connectivity index (χ1n) is 16.6. The van der Waals surface area contributed by atoms with Gasteiger partial charge in [0.1, 0.15) is 35.0 Å². The molecule has 10 nitrogen and oxygen atoms in total. The smallest absolute Gasteiger partial charge is 0.410 e. The number of piperidine rings is 1. The quantitative estimate of drug-likeness (QED) is 0.255. The Hall–Kier alpha value is -4.25. The number of carbonyl (C=O) groups excluding carboxylic acids is 1. The Morgan fingerprint density at radius 2 is 1.83 bits per heavy atom. The number of likely N-dealkylation sites (tertiary alicyclic amines) is 1. The van der Waals surface area contributed by atoms with Crippen molar-refractivity contribution in [2.75, 3.05) is 45.3 Å². The van der Waals surface area contributed by atoms with E-state index >= 15 is 4.39 Å². The van der Waals surface area contributed by atoms with Crippen LogP contribution in [0.4, 0.5) is 15.0 Å². The van der Waals surface area contributed by atoms with Crippen molar-refractivity contribution in [2.24, 2.45) is 11.8 Å². The number of fused-ring (bicyclic) bond motifs is 7. The first-order chi connectivity index (χ1) is 22.6. The van der Waals surface area contributed by atoms with E-state index in [1.807, 2.05) is 62.1 Å². The van der Waals surface area contributed by atoms with Crippen molar-refractivity contribution in [3.8, 4) is 23.0 Å². The monoisotopic (exact) mass is 640 g/mol. The fourth-order valence-electron chi connectivity index (χ4n) is 7.98. The number of likely N-dealkylation sites (N-methyl/N-ethyl adjacent to an activating group) is 1. The summed E-state index contributed by atoms with van der Waals surface area (Å²) in [6.07, 6.45) is 4.67. The highest BCUT2D eigenvalue weighted by atomic mass is 19.1. The van der Waals surface area contributed by atoms with Gasteiger partial charge in [0, 0.05) is 30.9 Å². The molecule has 47 heavy (non-hydrogen) atoms. The van der Waals surface area contributed by atoms with Gasteiger partial charge >= 0.3 is 12.1 Å². The molecule has 1 amide bonds. The van der Waals surface area contributed by atoms with E-state index in [-0.39, 0.29) is 41.4 Å². The summed E-state index contributed by atoms with van der Waals surface area (Å²) in [6, 6.07) is 11.9. The molecule has 8 rings (SSSR count). The maximum atomic E-state index is 16.9. The zero-order chi connectivity index (χ0) is 32.6. The van der Waals surface area contributed by atoms with Gasteiger partial charge in [-0.05, 0) is 88.4 Å². The van der Waals surface area contributed by atoms with Gasteiger partial charge in [-0.15, -0.1) is 0 Å². The van der Waals surface area contributed by atoms with E-state index in [0.717, 1.165) is 36.6 Å². The summed E-state index contributed by atoms with van der Waals surface area (Å²) in [6.45, 7) is 8.26. The van der Waals surface area contributed by atoms with Crippen molar-refractivity contribution in [1.82, 2.24) is 24.8 Å². The minimum absolute atomic E-state index is 0.00431. The first-order valence-corrected chi connectivity index (χ1v) is 16.6. The van der Waals surface area contributed by atoms with Crippen LogP contribution in [0.3, 0.4) is 0 Å². The number of amides is 1. The number of nitrogens with zero attached hydrogens (tertiary/aromatic N) is 6. The number of aromatic nitrogens is 3. The fraction of sp³-hybridized carbons (Fsp3) is 0.500. The van der Waals surface area contributed by atoms with Gasteiger partial charge in [-0.1, -0.05) is 24.3 Å². The molecule has 3 aliphatic heterocycles. The summed E-state index contributed by atoms with van der Waals surface area (Å²) >= 11 is 0. The lowest BCUT2D eigenvalue weighted by molar-refractivity contribution is 0.00675. The number of benzene rings is 2. The van der Waals surface area contributed by atoms with Crippen LogP contribution in [0.5, 0.6) is 11.8 Å². The van der Waals surface area contributed by atoms with Gasteiger partial charge in [-0.25, -0.2) is 9.18 Å². The van der Waals surface area contributed by atoms with Crippen LogP contribution >= 0.6 is 0 Å². The van der Waals surface area contributed by atoms with Gasteiger partial charge in [0.2, 0.25) is 0 Å². The molecule has 1 saturated carbocycles. The lowest BCUT2D eigenvalue weighted by Crippen LogP contribution is -2.59. The van der Waals surface area contributed by atoms with Gasteiger partial charge in [-0.2, -0.15) is 9.97 Å². The molecule has 2 aromatic carbocycles. The van der Waals surface area contributed by atoms with Gasteiger partial charge in [0.25, 0.3) is 0 Å². The molecule has 1 aliphatic carbocycles. The predicted octanol–water partition coefficient (Wildman–Crippen LogP) is 5.91. The van der Waals surface area contributed by atoms with E-state index < -0.39 is 11.4 Å². The third kappa shape index (κ3) is 5.28. The number of rotatable bonds is 6. The molecule has 2 aromatic heterocycles. The number of methoxy groups -OCH3 is 1. The Labute approximate surface area is 273 Å². The van der Waals surface area contributed by atoms with E-state index in [9.17, 15) is 4.79 Å². The Bertz CT molecular complexity index is 1860. The van der Waals surface area contributed by atoms with Crippen LogP contribution in [0.15, 0.2) is 42.6 Å². The second-order valence-corrected chi connectivity index (χ2v) is 14.5. The number of halogens is 1. The number of ether oxygens (including phenoxy) is 3. The lowest BCUT2D eigenvalue weighted by atomic mass is 10.00. The molecule has 0 spiro atoms. The molecule has 246 valence electrons. The normalized spacial score (nSPS) is 25.4. The summed E-state index contributed by atoms with van der Waals surface area (Å²) in [5.41, 5.74) is 0.400. The Morgan fingerprint density at radius 1 is 1.06 bits per heavy atom. The zero-order valence-corrected chi connectivity index (χ0v) is 27.6. The minimum Gasteiger partial charge on any atom is -0.497 e. The topological polar surface area (TPSA) is 93.2 Å². The van der Waals surface area contributed by atoms with Crippen LogP contribution in [0, 0.1) is 17.7 Å². The number of anilines is 1. The zero-order valence-electron chi connectivity index (χ0n) is 27.6. The van der Waals surface area contributed by atoms with Crippen molar-refractivity contribution < 1.29 is 23.4 Å². The molecule has 11 heteroatoms. The third-order valence-electron chi connectivity index (χ3n) is 10.4. The Kier molecular flexibility index (Phi) is 7.16. The molecule has 0 radical (unpaired) electrons. The van der Waals surface area contributed by atoms with E-state index in [4.69, 9.17) is 24.2 Å². The number of hydrogen-bond acceptors (Lipinski definition) is 9. The average molecular weight is 641 g/mol. The Balaban J connectivity index is 1.21. The molecule has 4 unspecified atom stereocenters. The first kappa shape index (κ1) is 30.1. The maximum absolute atomic E-state index is 16.9. The van der Waals surface area contributed by atoms with E-state index in [1.165, 1.54) is 0 Å². The highest BCUT2D eigenvalue weighted by Crippen LogP contribution is 2.56. The molecule has 0 N–H and O–H groups in total. The molecule has 5 heterocycles. The van der Waals surface area contributed by atoms with Gasteiger partial charge in [0.15, 0.2) is 5.82 Å². The van der Waals surface area contributed by atoms with Gasteiger partial charge in [-0.3, -0.25) is 9.88 Å². The maximum Gasteiger partial charge on any atom is 0.410 e. The Morgan fingerprint density at radius 3 is 2.53 bits per heavy atom. The van der Waals surface area contributed by atoms with Crippen LogP contribution in [0.2, 0.25) is 0 Å². The SMILES string of the molecule is COc1cc(-c2ncc3c(N4CC5C6CC6C(C4)N5C(=O)OC(C)(C)C)nc(OC[C@@H]4CCCN4C)nc3c2F)c2ccccc2c1. The van der Waals surface area contributed by atoms with Crippen molar-refractivity contribution in [3.63, 3.8) is 0 Å². The van der Waals surface area contributed by atoms with Crippen molar-refractivity contribution in [3.05, 3.63) is 48.4 Å².